The van der Waals surface area contributed by atoms with Crippen molar-refractivity contribution in [3.63, 3.8) is 0 Å². The van der Waals surface area contributed by atoms with E-state index < -0.39 is 32.5 Å². The van der Waals surface area contributed by atoms with Crippen LogP contribution in [0.1, 0.15) is 0 Å². The number of carbonyl (C=O) groups excluding carboxylic acids is 1. The summed E-state index contributed by atoms with van der Waals surface area (Å²) in [7, 11) is -7.44. The van der Waals surface area contributed by atoms with Crippen molar-refractivity contribution >= 4 is 37.3 Å². The van der Waals surface area contributed by atoms with Crippen LogP contribution in [0.15, 0.2) is 83.8 Å². The van der Waals surface area contributed by atoms with Gasteiger partial charge in [-0.05, 0) is 60.7 Å². The van der Waals surface area contributed by atoms with Gasteiger partial charge in [0.25, 0.3) is 0 Å². The third kappa shape index (κ3) is 6.86. The minimum atomic E-state index is -3.78. The number of hydrogen-bond acceptors (Lipinski definition) is 7. The molecule has 196 valence electrons. The van der Waals surface area contributed by atoms with Gasteiger partial charge in [0.05, 0.1) is 30.1 Å². The highest BCUT2D eigenvalue weighted by Crippen LogP contribution is 2.26. The fourth-order valence-electron chi connectivity index (χ4n) is 3.68. The molecule has 0 aliphatic carbocycles. The van der Waals surface area contributed by atoms with Crippen molar-refractivity contribution in [3.8, 4) is 11.5 Å². The van der Waals surface area contributed by atoms with Crippen molar-refractivity contribution < 1.29 is 31.1 Å². The van der Waals surface area contributed by atoms with Gasteiger partial charge in [-0.2, -0.15) is 4.31 Å². The quantitative estimate of drug-likeness (QED) is 0.439. The Labute approximate surface area is 216 Å². The third-order valence-corrected chi connectivity index (χ3v) is 8.59. The number of rotatable bonds is 9. The summed E-state index contributed by atoms with van der Waals surface area (Å²) in [5, 5.41) is 2.62. The third-order valence-electron chi connectivity index (χ3n) is 5.54. The maximum Gasteiger partial charge on any atom is 0.245 e. The number of nitrogens with one attached hydrogen (secondary N) is 1. The summed E-state index contributed by atoms with van der Waals surface area (Å²) in [6.07, 6.45) is 1.01. The van der Waals surface area contributed by atoms with Gasteiger partial charge in [-0.15, -0.1) is 0 Å². The molecule has 1 N–H and O–H groups in total. The van der Waals surface area contributed by atoms with E-state index in [1.165, 1.54) is 28.6 Å². The van der Waals surface area contributed by atoms with Gasteiger partial charge in [-0.3, -0.25) is 9.10 Å². The Morgan fingerprint density at radius 2 is 1.49 bits per heavy atom. The van der Waals surface area contributed by atoms with E-state index in [1.807, 2.05) is 18.2 Å². The lowest BCUT2D eigenvalue weighted by molar-refractivity contribution is -0.114. The summed E-state index contributed by atoms with van der Waals surface area (Å²) in [5.41, 5.74) is 0.635. The predicted molar refractivity (Wildman–Crippen MR) is 140 cm³/mol. The van der Waals surface area contributed by atoms with Gasteiger partial charge in [-0.25, -0.2) is 16.8 Å². The number of amides is 1. The van der Waals surface area contributed by atoms with Crippen LogP contribution in [0, 0.1) is 0 Å². The van der Waals surface area contributed by atoms with Crippen LogP contribution in [0.4, 0.5) is 11.4 Å². The highest BCUT2D eigenvalue weighted by Gasteiger charge is 2.26. The first-order chi connectivity index (χ1) is 17.6. The summed E-state index contributed by atoms with van der Waals surface area (Å²) in [6, 6.07) is 21.2. The average molecular weight is 546 g/mol. The maximum absolute atomic E-state index is 12.8. The van der Waals surface area contributed by atoms with Crippen LogP contribution < -0.4 is 14.4 Å². The zero-order chi connectivity index (χ0) is 26.5. The molecule has 0 aromatic heterocycles. The molecule has 1 aliphatic rings. The second-order valence-electron chi connectivity index (χ2n) is 8.27. The number of carbonyl (C=O) groups is 1. The van der Waals surface area contributed by atoms with Crippen LogP contribution in [0.25, 0.3) is 0 Å². The molecule has 1 amide bonds. The van der Waals surface area contributed by atoms with Crippen molar-refractivity contribution in [1.82, 2.24) is 4.31 Å². The molecule has 4 rings (SSSR count). The minimum Gasteiger partial charge on any atom is -0.457 e. The Morgan fingerprint density at radius 3 is 2.08 bits per heavy atom. The van der Waals surface area contributed by atoms with Gasteiger partial charge >= 0.3 is 0 Å². The van der Waals surface area contributed by atoms with Crippen LogP contribution in [-0.2, 0) is 29.6 Å². The van der Waals surface area contributed by atoms with Gasteiger partial charge in [-0.1, -0.05) is 18.2 Å². The minimum absolute atomic E-state index is 0.1000. The largest absolute Gasteiger partial charge is 0.457 e. The number of ether oxygens (including phenoxy) is 2. The molecule has 0 bridgehead atoms. The second kappa shape index (κ2) is 11.3. The number of benzene rings is 3. The topological polar surface area (TPSA) is 122 Å². The lowest BCUT2D eigenvalue weighted by atomic mass is 10.3. The first-order valence-corrected chi connectivity index (χ1v) is 14.7. The Hall–Kier alpha value is -3.45. The predicted octanol–water partition coefficient (Wildman–Crippen LogP) is 2.90. The maximum atomic E-state index is 12.8. The molecule has 12 heteroatoms. The molecule has 0 radical (unpaired) electrons. The second-order valence-corrected chi connectivity index (χ2v) is 12.1. The summed E-state index contributed by atoms with van der Waals surface area (Å²) in [4.78, 5) is 12.8. The van der Waals surface area contributed by atoms with Crippen molar-refractivity contribution in [2.45, 2.75) is 4.90 Å². The Bertz CT molecular complexity index is 1420. The van der Waals surface area contributed by atoms with E-state index in [2.05, 4.69) is 5.32 Å². The SMILES string of the molecule is CS(=O)(=O)N(CC(=O)Nc1ccc(S(=O)(=O)N2CCOCC2)cc1)c1ccc(Oc2ccccc2)cc1. The summed E-state index contributed by atoms with van der Waals surface area (Å²) in [6.45, 7) is 0.772. The van der Waals surface area contributed by atoms with Crippen LogP contribution in [0.2, 0.25) is 0 Å². The monoisotopic (exact) mass is 545 g/mol. The lowest BCUT2D eigenvalue weighted by Crippen LogP contribution is -2.40. The molecule has 3 aromatic carbocycles. The van der Waals surface area contributed by atoms with E-state index in [4.69, 9.17) is 9.47 Å². The molecule has 1 heterocycles. The number of sulfonamides is 2. The highest BCUT2D eigenvalue weighted by molar-refractivity contribution is 7.92. The molecule has 10 nitrogen and oxygen atoms in total. The van der Waals surface area contributed by atoms with Crippen LogP contribution in [0.5, 0.6) is 11.5 Å². The van der Waals surface area contributed by atoms with E-state index in [0.717, 1.165) is 10.6 Å². The normalized spacial score (nSPS) is 14.6. The molecule has 1 fully saturated rings. The van der Waals surface area contributed by atoms with Gasteiger partial charge in [0, 0.05) is 18.8 Å². The van der Waals surface area contributed by atoms with E-state index in [0.29, 0.717) is 36.1 Å². The fourth-order valence-corrected chi connectivity index (χ4v) is 5.95. The molecule has 3 aromatic rings. The molecule has 1 saturated heterocycles. The van der Waals surface area contributed by atoms with Crippen molar-refractivity contribution in [1.29, 1.82) is 0 Å². The lowest BCUT2D eigenvalue weighted by Gasteiger charge is -2.26. The zero-order valence-corrected chi connectivity index (χ0v) is 21.7. The summed E-state index contributed by atoms with van der Waals surface area (Å²) < 4.78 is 63.7. The molecule has 1 aliphatic heterocycles. The van der Waals surface area contributed by atoms with Crippen LogP contribution >= 0.6 is 0 Å². The number of nitrogens with zero attached hydrogens (tertiary/aromatic N) is 2. The molecular formula is C25H27N3O7S2. The number of morpholine rings is 1. The van der Waals surface area contributed by atoms with E-state index in [1.54, 1.807) is 36.4 Å². The molecule has 0 unspecified atom stereocenters. The van der Waals surface area contributed by atoms with Crippen LogP contribution in [-0.4, -0.2) is 66.2 Å². The zero-order valence-electron chi connectivity index (χ0n) is 20.1. The molecule has 37 heavy (non-hydrogen) atoms. The smallest absolute Gasteiger partial charge is 0.245 e. The van der Waals surface area contributed by atoms with Crippen molar-refractivity contribution in [2.75, 3.05) is 48.7 Å². The van der Waals surface area contributed by atoms with Gasteiger partial charge < -0.3 is 14.8 Å². The number of para-hydroxylation sites is 1. The van der Waals surface area contributed by atoms with E-state index in [9.17, 15) is 21.6 Å². The Kier molecular flexibility index (Phi) is 8.13. The molecule has 0 atom stereocenters. The molecular weight excluding hydrogens is 518 g/mol. The summed E-state index contributed by atoms with van der Waals surface area (Å²) in [5.74, 6) is 0.567. The first kappa shape index (κ1) is 26.6. The average Bonchev–Trinajstić information content (AvgIpc) is 2.89. The first-order valence-electron chi connectivity index (χ1n) is 11.4. The fraction of sp³-hybridized carbons (Fsp3) is 0.240. The Morgan fingerprint density at radius 1 is 0.892 bits per heavy atom. The van der Waals surface area contributed by atoms with E-state index >= 15 is 0 Å². The molecule has 0 spiro atoms. The van der Waals surface area contributed by atoms with Crippen molar-refractivity contribution in [2.24, 2.45) is 0 Å². The van der Waals surface area contributed by atoms with Gasteiger partial charge in [0.1, 0.15) is 18.0 Å². The molecule has 0 saturated carbocycles. The number of hydrogen-bond donors (Lipinski definition) is 1. The highest BCUT2D eigenvalue weighted by atomic mass is 32.2. The van der Waals surface area contributed by atoms with E-state index in [-0.39, 0.29) is 18.0 Å². The number of anilines is 2. The van der Waals surface area contributed by atoms with Gasteiger partial charge in [0.15, 0.2) is 0 Å². The van der Waals surface area contributed by atoms with Crippen LogP contribution in [0.3, 0.4) is 0 Å². The Balaban J connectivity index is 1.42. The van der Waals surface area contributed by atoms with Gasteiger partial charge in [0.2, 0.25) is 26.0 Å². The van der Waals surface area contributed by atoms with Crippen molar-refractivity contribution in [3.05, 3.63) is 78.9 Å². The standard InChI is InChI=1S/C25H27N3O7S2/c1-36(30,31)28(21-9-11-23(12-10-21)35-22-5-3-2-4-6-22)19-25(29)26-20-7-13-24(14-8-20)37(32,33)27-15-17-34-18-16-27/h2-14H,15-19H2,1H3,(H,26,29). The summed E-state index contributed by atoms with van der Waals surface area (Å²) >= 11 is 0.